The van der Waals surface area contributed by atoms with Crippen LogP contribution in [0.4, 0.5) is 22.0 Å². The highest BCUT2D eigenvalue weighted by atomic mass is 19.4. The van der Waals surface area contributed by atoms with Gasteiger partial charge in [0.25, 0.3) is 0 Å². The van der Waals surface area contributed by atoms with Crippen LogP contribution < -0.4 is 9.47 Å². The van der Waals surface area contributed by atoms with E-state index in [0.717, 1.165) is 12.1 Å². The number of imidazole rings is 1. The molecule has 0 aliphatic carbocycles. The van der Waals surface area contributed by atoms with E-state index in [2.05, 4.69) is 14.9 Å². The normalized spacial score (nSPS) is 18.1. The van der Waals surface area contributed by atoms with Crippen molar-refractivity contribution in [2.75, 3.05) is 13.2 Å². The Bertz CT molecular complexity index is 1680. The van der Waals surface area contributed by atoms with Crippen LogP contribution in [0.15, 0.2) is 48.7 Å². The van der Waals surface area contributed by atoms with Gasteiger partial charge in [-0.3, -0.25) is 4.90 Å². The number of hydrogen-bond acceptors (Lipinski definition) is 8. The molecule has 5 rings (SSSR count). The molecule has 0 amide bonds. The van der Waals surface area contributed by atoms with Crippen molar-refractivity contribution in [1.82, 2.24) is 24.4 Å². The van der Waals surface area contributed by atoms with Gasteiger partial charge < -0.3 is 23.9 Å². The molecule has 4 aromatic rings. The fourth-order valence-electron chi connectivity index (χ4n) is 5.30. The number of aromatic carboxylic acids is 1. The molecule has 3 heterocycles. The van der Waals surface area contributed by atoms with E-state index in [0.29, 0.717) is 48.7 Å². The van der Waals surface area contributed by atoms with Crippen molar-refractivity contribution in [3.8, 4) is 11.6 Å². The van der Waals surface area contributed by atoms with Crippen LogP contribution in [0.1, 0.15) is 48.7 Å². The summed E-state index contributed by atoms with van der Waals surface area (Å²) >= 11 is 0. The molecule has 3 atom stereocenters. The van der Waals surface area contributed by atoms with Crippen LogP contribution in [-0.2, 0) is 24.4 Å². The quantitative estimate of drug-likeness (QED) is 0.191. The summed E-state index contributed by atoms with van der Waals surface area (Å²) in [5.41, 5.74) is 1.06. The number of fused-ring (bicyclic) bond motifs is 1. The SMILES string of the molecule is C[C@@H](Cn1c(CN2CC[C@H](Oc3ccnc(COc4ccc(F)cc4F)n3)C[C@@H]2C)nc2ccc(C(=O)O)cc21)OCC(F)(F)F. The number of carboxylic acid groups (broad SMARTS) is 1. The summed E-state index contributed by atoms with van der Waals surface area (Å²) in [6.45, 7) is 3.03. The van der Waals surface area contributed by atoms with Crippen molar-refractivity contribution in [3.63, 3.8) is 0 Å². The molecule has 1 fully saturated rings. The monoisotopic (exact) mass is 649 g/mol. The summed E-state index contributed by atoms with van der Waals surface area (Å²) in [6.07, 6.45) is -2.71. The van der Waals surface area contributed by atoms with Gasteiger partial charge in [0.2, 0.25) is 5.88 Å². The fraction of sp³-hybridized carbons (Fsp3) is 0.419. The van der Waals surface area contributed by atoms with Gasteiger partial charge in [0.15, 0.2) is 17.4 Å². The highest BCUT2D eigenvalue weighted by molar-refractivity contribution is 5.92. The van der Waals surface area contributed by atoms with Crippen LogP contribution in [0, 0.1) is 11.6 Å². The Labute approximate surface area is 260 Å². The number of nitrogens with zero attached hydrogens (tertiary/aromatic N) is 5. The smallest absolute Gasteiger partial charge is 0.411 e. The largest absolute Gasteiger partial charge is 0.483 e. The van der Waals surface area contributed by atoms with Crippen LogP contribution >= 0.6 is 0 Å². The highest BCUT2D eigenvalue weighted by Gasteiger charge is 2.30. The zero-order valence-electron chi connectivity index (χ0n) is 25.0. The lowest BCUT2D eigenvalue weighted by molar-refractivity contribution is -0.184. The van der Waals surface area contributed by atoms with Crippen LogP contribution in [0.25, 0.3) is 11.0 Å². The number of piperidine rings is 1. The van der Waals surface area contributed by atoms with Gasteiger partial charge in [0.1, 0.15) is 31.0 Å². The van der Waals surface area contributed by atoms with Gasteiger partial charge in [-0.2, -0.15) is 18.2 Å². The van der Waals surface area contributed by atoms with Gasteiger partial charge in [-0.15, -0.1) is 0 Å². The van der Waals surface area contributed by atoms with Gasteiger partial charge in [-0.05, 0) is 57.0 Å². The zero-order chi connectivity index (χ0) is 33.0. The maximum Gasteiger partial charge on any atom is 0.411 e. The third-order valence-electron chi connectivity index (χ3n) is 7.57. The Morgan fingerprint density at radius 2 is 1.93 bits per heavy atom. The lowest BCUT2D eigenvalue weighted by Crippen LogP contribution is -2.44. The molecule has 46 heavy (non-hydrogen) atoms. The van der Waals surface area contributed by atoms with Crippen LogP contribution in [0.2, 0.25) is 0 Å². The summed E-state index contributed by atoms with van der Waals surface area (Å²) in [5, 5.41) is 9.49. The van der Waals surface area contributed by atoms with Gasteiger partial charge in [0.05, 0.1) is 35.8 Å². The number of ether oxygens (including phenoxy) is 3. The Hall–Kier alpha value is -4.37. The summed E-state index contributed by atoms with van der Waals surface area (Å²) in [5.74, 6) is -1.65. The molecule has 0 radical (unpaired) electrons. The molecular formula is C31H32F5N5O5. The minimum atomic E-state index is -4.48. The van der Waals surface area contributed by atoms with Crippen molar-refractivity contribution in [2.45, 2.75) is 70.8 Å². The Morgan fingerprint density at radius 3 is 2.65 bits per heavy atom. The van der Waals surface area contributed by atoms with Gasteiger partial charge >= 0.3 is 12.1 Å². The average molecular weight is 650 g/mol. The number of carboxylic acids is 1. The molecule has 246 valence electrons. The second-order valence-corrected chi connectivity index (χ2v) is 11.1. The first-order chi connectivity index (χ1) is 21.8. The van der Waals surface area contributed by atoms with E-state index in [4.69, 9.17) is 19.2 Å². The van der Waals surface area contributed by atoms with Crippen molar-refractivity contribution in [3.05, 3.63) is 77.5 Å². The molecule has 2 aromatic heterocycles. The lowest BCUT2D eigenvalue weighted by atomic mass is 10.0. The van der Waals surface area contributed by atoms with Crippen LogP contribution in [0.3, 0.4) is 0 Å². The number of halogens is 5. The fourth-order valence-corrected chi connectivity index (χ4v) is 5.30. The summed E-state index contributed by atoms with van der Waals surface area (Å²) in [7, 11) is 0. The van der Waals surface area contributed by atoms with Crippen molar-refractivity contribution < 1.29 is 46.1 Å². The summed E-state index contributed by atoms with van der Waals surface area (Å²) in [4.78, 5) is 27.0. The molecule has 0 saturated carbocycles. The summed E-state index contributed by atoms with van der Waals surface area (Å²) < 4.78 is 83.6. The van der Waals surface area contributed by atoms with E-state index in [9.17, 15) is 31.9 Å². The summed E-state index contributed by atoms with van der Waals surface area (Å²) in [6, 6.07) is 9.11. The van der Waals surface area contributed by atoms with Gasteiger partial charge in [-0.1, -0.05) is 0 Å². The third kappa shape index (κ3) is 8.46. The number of hydrogen-bond donors (Lipinski definition) is 1. The topological polar surface area (TPSA) is 112 Å². The number of carbonyl (C=O) groups is 1. The maximum atomic E-state index is 13.9. The molecule has 10 nitrogen and oxygen atoms in total. The molecular weight excluding hydrogens is 617 g/mol. The number of alkyl halides is 3. The Kier molecular flexibility index (Phi) is 10.0. The number of rotatable bonds is 12. The van der Waals surface area contributed by atoms with E-state index in [1.165, 1.54) is 31.3 Å². The van der Waals surface area contributed by atoms with Crippen molar-refractivity contribution in [2.24, 2.45) is 0 Å². The third-order valence-corrected chi connectivity index (χ3v) is 7.57. The second-order valence-electron chi connectivity index (χ2n) is 11.1. The highest BCUT2D eigenvalue weighted by Crippen LogP contribution is 2.27. The van der Waals surface area contributed by atoms with Crippen molar-refractivity contribution >= 4 is 17.0 Å². The second kappa shape index (κ2) is 14.0. The first-order valence-corrected chi connectivity index (χ1v) is 14.6. The number of benzene rings is 2. The first-order valence-electron chi connectivity index (χ1n) is 14.6. The predicted molar refractivity (Wildman–Crippen MR) is 154 cm³/mol. The Balaban J connectivity index is 1.23. The predicted octanol–water partition coefficient (Wildman–Crippen LogP) is 5.78. The van der Waals surface area contributed by atoms with Gasteiger partial charge in [0, 0.05) is 30.9 Å². The molecule has 1 saturated heterocycles. The van der Waals surface area contributed by atoms with Crippen molar-refractivity contribution in [1.29, 1.82) is 0 Å². The van der Waals surface area contributed by atoms with E-state index < -0.39 is 36.5 Å². The standard InChI is InChI=1S/C31H32F5N5O5/c1-18-11-22(46-29-7-9-37-27(39-29)16-44-26-6-4-21(32)13-23(26)33)8-10-40(18)15-28-38-24-5-3-20(30(42)43)12-25(24)41(28)14-19(2)45-17-31(34,35)36/h3-7,9,12-13,18-19,22H,8,10-11,14-17H2,1-2H3,(H,42,43)/t18-,19-,22-/m0/s1. The molecule has 0 unspecified atom stereocenters. The lowest BCUT2D eigenvalue weighted by Gasteiger charge is -2.37. The molecule has 1 aliphatic rings. The van der Waals surface area contributed by atoms with E-state index in [1.54, 1.807) is 16.7 Å². The van der Waals surface area contributed by atoms with E-state index in [1.807, 2.05) is 6.92 Å². The van der Waals surface area contributed by atoms with E-state index >= 15 is 0 Å². The minimum absolute atomic E-state index is 0.0200. The number of likely N-dealkylation sites (tertiary alicyclic amines) is 1. The molecule has 2 aromatic carbocycles. The molecule has 15 heteroatoms. The Morgan fingerprint density at radius 1 is 1.13 bits per heavy atom. The molecule has 1 aliphatic heterocycles. The average Bonchev–Trinajstić information content (AvgIpc) is 3.32. The van der Waals surface area contributed by atoms with Crippen LogP contribution in [-0.4, -0.2) is 73.1 Å². The maximum absolute atomic E-state index is 13.9. The molecule has 0 spiro atoms. The minimum Gasteiger partial charge on any atom is -0.483 e. The van der Waals surface area contributed by atoms with E-state index in [-0.39, 0.29) is 42.4 Å². The zero-order valence-corrected chi connectivity index (χ0v) is 25.0. The molecule has 0 bridgehead atoms. The van der Waals surface area contributed by atoms with Gasteiger partial charge in [-0.25, -0.2) is 23.5 Å². The van der Waals surface area contributed by atoms with Crippen LogP contribution in [0.5, 0.6) is 11.6 Å². The molecule has 1 N–H and O–H groups in total. The first kappa shape index (κ1) is 33.0. The number of aromatic nitrogens is 4.